The van der Waals surface area contributed by atoms with E-state index in [9.17, 15) is 4.79 Å². The van der Waals surface area contributed by atoms with Gasteiger partial charge in [-0.15, -0.1) is 0 Å². The van der Waals surface area contributed by atoms with Gasteiger partial charge >= 0.3 is 0 Å². The first kappa shape index (κ1) is 13.8. The third kappa shape index (κ3) is 4.63. The van der Waals surface area contributed by atoms with Crippen LogP contribution in [0.15, 0.2) is 18.2 Å². The molecule has 4 N–H and O–H groups in total. The SMILES string of the molecule is CCNCCCNc1ccc(Cl)cc1C(N)=O. The Morgan fingerprint density at radius 2 is 2.18 bits per heavy atom. The van der Waals surface area contributed by atoms with Crippen molar-refractivity contribution in [2.75, 3.05) is 25.0 Å². The summed E-state index contributed by atoms with van der Waals surface area (Å²) in [4.78, 5) is 11.2. The molecule has 0 saturated carbocycles. The molecule has 0 bridgehead atoms. The van der Waals surface area contributed by atoms with Crippen LogP contribution in [0.1, 0.15) is 23.7 Å². The van der Waals surface area contributed by atoms with Crippen LogP contribution < -0.4 is 16.4 Å². The van der Waals surface area contributed by atoms with Crippen LogP contribution in [0.5, 0.6) is 0 Å². The minimum absolute atomic E-state index is 0.431. The average Bonchev–Trinajstić information content (AvgIpc) is 2.30. The lowest BCUT2D eigenvalue weighted by atomic mass is 10.1. The van der Waals surface area contributed by atoms with Gasteiger partial charge in [0.25, 0.3) is 5.91 Å². The average molecular weight is 256 g/mol. The van der Waals surface area contributed by atoms with Gasteiger partial charge in [0.1, 0.15) is 0 Å². The fourth-order valence-corrected chi connectivity index (χ4v) is 1.66. The number of hydrogen-bond acceptors (Lipinski definition) is 3. The molecule has 0 aliphatic carbocycles. The second kappa shape index (κ2) is 7.14. The Morgan fingerprint density at radius 1 is 1.41 bits per heavy atom. The third-order valence-electron chi connectivity index (χ3n) is 2.34. The summed E-state index contributed by atoms with van der Waals surface area (Å²) in [7, 11) is 0. The van der Waals surface area contributed by atoms with E-state index in [1.54, 1.807) is 18.2 Å². The molecular formula is C12H18ClN3O. The van der Waals surface area contributed by atoms with E-state index >= 15 is 0 Å². The Balaban J connectivity index is 2.55. The van der Waals surface area contributed by atoms with E-state index in [-0.39, 0.29) is 0 Å². The number of anilines is 1. The predicted molar refractivity (Wildman–Crippen MR) is 71.6 cm³/mol. The predicted octanol–water partition coefficient (Wildman–Crippen LogP) is 1.85. The van der Waals surface area contributed by atoms with Crippen molar-refractivity contribution in [1.29, 1.82) is 0 Å². The zero-order chi connectivity index (χ0) is 12.7. The molecule has 0 unspecified atom stereocenters. The van der Waals surface area contributed by atoms with Gasteiger partial charge < -0.3 is 16.4 Å². The summed E-state index contributed by atoms with van der Waals surface area (Å²) in [5.41, 5.74) is 6.45. The largest absolute Gasteiger partial charge is 0.384 e. The summed E-state index contributed by atoms with van der Waals surface area (Å²) >= 11 is 5.82. The first-order chi connectivity index (χ1) is 8.15. The molecular weight excluding hydrogens is 238 g/mol. The zero-order valence-electron chi connectivity index (χ0n) is 9.92. The summed E-state index contributed by atoms with van der Waals surface area (Å²) in [5, 5.41) is 6.92. The highest BCUT2D eigenvalue weighted by Crippen LogP contribution is 2.20. The van der Waals surface area contributed by atoms with Crippen molar-refractivity contribution in [3.05, 3.63) is 28.8 Å². The highest BCUT2D eigenvalue weighted by molar-refractivity contribution is 6.31. The van der Waals surface area contributed by atoms with Gasteiger partial charge in [0.15, 0.2) is 0 Å². The monoisotopic (exact) mass is 255 g/mol. The second-order valence-corrected chi connectivity index (χ2v) is 4.12. The quantitative estimate of drug-likeness (QED) is 0.652. The molecule has 0 spiro atoms. The number of benzene rings is 1. The maximum Gasteiger partial charge on any atom is 0.250 e. The van der Waals surface area contributed by atoms with Gasteiger partial charge in [-0.25, -0.2) is 0 Å². The number of carbonyl (C=O) groups excluding carboxylic acids is 1. The zero-order valence-corrected chi connectivity index (χ0v) is 10.7. The Kier molecular flexibility index (Phi) is 5.80. The van der Waals surface area contributed by atoms with Crippen LogP contribution in [0.3, 0.4) is 0 Å². The Hall–Kier alpha value is -1.26. The smallest absolute Gasteiger partial charge is 0.250 e. The number of rotatable bonds is 7. The summed E-state index contributed by atoms with van der Waals surface area (Å²) in [5.74, 6) is -0.471. The molecule has 1 amide bonds. The molecule has 17 heavy (non-hydrogen) atoms. The Morgan fingerprint density at radius 3 is 2.82 bits per heavy atom. The van der Waals surface area contributed by atoms with E-state index in [1.165, 1.54) is 0 Å². The van der Waals surface area contributed by atoms with Crippen LogP contribution in [0.4, 0.5) is 5.69 Å². The number of carbonyl (C=O) groups is 1. The van der Waals surface area contributed by atoms with E-state index in [0.29, 0.717) is 10.6 Å². The normalized spacial score (nSPS) is 10.2. The molecule has 0 heterocycles. The number of nitrogens with one attached hydrogen (secondary N) is 2. The van der Waals surface area contributed by atoms with Gasteiger partial charge in [0.2, 0.25) is 0 Å². The molecule has 0 saturated heterocycles. The van der Waals surface area contributed by atoms with Crippen molar-refractivity contribution < 1.29 is 4.79 Å². The molecule has 0 radical (unpaired) electrons. The molecule has 0 aromatic heterocycles. The molecule has 0 aliphatic rings. The van der Waals surface area contributed by atoms with E-state index < -0.39 is 5.91 Å². The summed E-state index contributed by atoms with van der Waals surface area (Å²) in [6, 6.07) is 5.09. The van der Waals surface area contributed by atoms with Crippen LogP contribution in [0.25, 0.3) is 0 Å². The lowest BCUT2D eigenvalue weighted by Gasteiger charge is -2.10. The highest BCUT2D eigenvalue weighted by atomic mass is 35.5. The molecule has 94 valence electrons. The Bertz CT molecular complexity index is 382. The van der Waals surface area contributed by atoms with Crippen LogP contribution in [0, 0.1) is 0 Å². The van der Waals surface area contributed by atoms with Crippen LogP contribution >= 0.6 is 11.6 Å². The lowest BCUT2D eigenvalue weighted by molar-refractivity contribution is 0.100. The van der Waals surface area contributed by atoms with Crippen molar-refractivity contribution in [1.82, 2.24) is 5.32 Å². The van der Waals surface area contributed by atoms with Gasteiger partial charge in [0, 0.05) is 17.3 Å². The van der Waals surface area contributed by atoms with Crippen molar-refractivity contribution >= 4 is 23.2 Å². The molecule has 0 atom stereocenters. The van der Waals surface area contributed by atoms with Crippen LogP contribution in [-0.4, -0.2) is 25.5 Å². The number of nitrogens with two attached hydrogens (primary N) is 1. The molecule has 1 aromatic carbocycles. The van der Waals surface area contributed by atoms with Crippen molar-refractivity contribution in [2.45, 2.75) is 13.3 Å². The van der Waals surface area contributed by atoms with Crippen LogP contribution in [-0.2, 0) is 0 Å². The fourth-order valence-electron chi connectivity index (χ4n) is 1.49. The van der Waals surface area contributed by atoms with Gasteiger partial charge in [-0.2, -0.15) is 0 Å². The standard InChI is InChI=1S/C12H18ClN3O/c1-2-15-6-3-7-16-11-5-4-9(13)8-10(11)12(14)17/h4-5,8,15-16H,2-3,6-7H2,1H3,(H2,14,17). The Labute approximate surface area is 107 Å². The summed E-state index contributed by atoms with van der Waals surface area (Å²) in [6.07, 6.45) is 0.981. The van der Waals surface area contributed by atoms with Gasteiger partial charge in [-0.1, -0.05) is 18.5 Å². The van der Waals surface area contributed by atoms with Crippen molar-refractivity contribution in [2.24, 2.45) is 5.73 Å². The fraction of sp³-hybridized carbons (Fsp3) is 0.417. The maximum absolute atomic E-state index is 11.2. The van der Waals surface area contributed by atoms with E-state index in [1.807, 2.05) is 0 Å². The van der Waals surface area contributed by atoms with E-state index in [2.05, 4.69) is 17.6 Å². The third-order valence-corrected chi connectivity index (χ3v) is 2.58. The number of hydrogen-bond donors (Lipinski definition) is 3. The second-order valence-electron chi connectivity index (χ2n) is 3.69. The minimum atomic E-state index is -0.471. The molecule has 5 heteroatoms. The van der Waals surface area contributed by atoms with E-state index in [0.717, 1.165) is 31.7 Å². The molecule has 1 aromatic rings. The van der Waals surface area contributed by atoms with Crippen LogP contribution in [0.2, 0.25) is 5.02 Å². The topological polar surface area (TPSA) is 67.2 Å². The molecule has 0 aliphatic heterocycles. The first-order valence-electron chi connectivity index (χ1n) is 5.69. The minimum Gasteiger partial charge on any atom is -0.384 e. The van der Waals surface area contributed by atoms with Gasteiger partial charge in [0.05, 0.1) is 5.56 Å². The maximum atomic E-state index is 11.2. The van der Waals surface area contributed by atoms with Crippen molar-refractivity contribution in [3.8, 4) is 0 Å². The summed E-state index contributed by atoms with van der Waals surface area (Å²) in [6.45, 7) is 4.77. The highest BCUT2D eigenvalue weighted by Gasteiger charge is 2.08. The summed E-state index contributed by atoms with van der Waals surface area (Å²) < 4.78 is 0. The van der Waals surface area contributed by atoms with Gasteiger partial charge in [-0.05, 0) is 37.7 Å². The molecule has 0 fully saturated rings. The number of amides is 1. The van der Waals surface area contributed by atoms with Gasteiger partial charge in [-0.3, -0.25) is 4.79 Å². The van der Waals surface area contributed by atoms with E-state index in [4.69, 9.17) is 17.3 Å². The number of primary amides is 1. The molecule has 4 nitrogen and oxygen atoms in total. The van der Waals surface area contributed by atoms with Crippen molar-refractivity contribution in [3.63, 3.8) is 0 Å². The molecule has 1 rings (SSSR count). The number of halogens is 1. The lowest BCUT2D eigenvalue weighted by Crippen LogP contribution is -2.19. The first-order valence-corrected chi connectivity index (χ1v) is 6.07.